The lowest BCUT2D eigenvalue weighted by atomic mass is 9.96. The molecule has 11 atom stereocenters. The van der Waals surface area contributed by atoms with E-state index in [1.165, 1.54) is 0 Å². The van der Waals surface area contributed by atoms with Crippen molar-refractivity contribution in [2.75, 3.05) is 13.2 Å². The standard InChI is InChI=1S/C16H14O3.C12H22O11/c1-11(16(18)19)13-8-5-9-14(10-13)15(17)12-6-3-2-4-7-12;13-1-3-5(15)6(16)9(19)12(22-3)23-10-4(2-14)21-11(20)8(18)7(10)17/h2-11H,1H3,(H,18,19);3-20H,1-2H2/t;3-,4-,5+,6+,7-,8-,9-,10-,11-,12+/m.1/s1. The number of ether oxygens (including phenoxy) is 3. The van der Waals surface area contributed by atoms with Crippen molar-refractivity contribution in [2.45, 2.75) is 74.3 Å². The molecule has 14 nitrogen and oxygen atoms in total. The van der Waals surface area contributed by atoms with E-state index >= 15 is 0 Å². The van der Waals surface area contributed by atoms with Gasteiger partial charge in [0.2, 0.25) is 0 Å². The molecule has 0 bridgehead atoms. The minimum absolute atomic E-state index is 0.0972. The van der Waals surface area contributed by atoms with Gasteiger partial charge < -0.3 is 60.2 Å². The summed E-state index contributed by atoms with van der Waals surface area (Å²) in [5, 5.41) is 85.5. The molecule has 2 fully saturated rings. The molecule has 0 spiro atoms. The van der Waals surface area contributed by atoms with Crippen LogP contribution in [-0.4, -0.2) is 132 Å². The summed E-state index contributed by atoms with van der Waals surface area (Å²) < 4.78 is 15.3. The smallest absolute Gasteiger partial charge is 0.310 e. The Morgan fingerprint density at radius 3 is 1.98 bits per heavy atom. The van der Waals surface area contributed by atoms with Crippen molar-refractivity contribution in [2.24, 2.45) is 0 Å². The number of ketones is 1. The van der Waals surface area contributed by atoms with Crippen molar-refractivity contribution in [3.8, 4) is 0 Å². The summed E-state index contributed by atoms with van der Waals surface area (Å²) >= 11 is 0. The molecule has 2 aromatic carbocycles. The lowest BCUT2D eigenvalue weighted by Gasteiger charge is -2.45. The average molecular weight is 597 g/mol. The third kappa shape index (κ3) is 7.75. The van der Waals surface area contributed by atoms with Crippen LogP contribution in [0.3, 0.4) is 0 Å². The monoisotopic (exact) mass is 596 g/mol. The zero-order chi connectivity index (χ0) is 31.1. The number of carboxylic acid groups (broad SMARTS) is 1. The first-order valence-electron chi connectivity index (χ1n) is 13.1. The molecule has 2 aliphatic heterocycles. The zero-order valence-corrected chi connectivity index (χ0v) is 22.5. The third-order valence-electron chi connectivity index (χ3n) is 7.03. The van der Waals surface area contributed by atoms with E-state index in [1.807, 2.05) is 6.07 Å². The van der Waals surface area contributed by atoms with Crippen LogP contribution in [0.1, 0.15) is 34.3 Å². The van der Waals surface area contributed by atoms with Gasteiger partial charge in [0.15, 0.2) is 18.4 Å². The van der Waals surface area contributed by atoms with Gasteiger partial charge in [0.05, 0.1) is 19.1 Å². The van der Waals surface area contributed by atoms with Crippen molar-refractivity contribution in [1.29, 1.82) is 0 Å². The molecule has 0 radical (unpaired) electrons. The maximum atomic E-state index is 12.2. The van der Waals surface area contributed by atoms with E-state index in [9.17, 15) is 45.3 Å². The molecule has 9 N–H and O–H groups in total. The first-order valence-corrected chi connectivity index (χ1v) is 13.1. The molecular weight excluding hydrogens is 560 g/mol. The van der Waals surface area contributed by atoms with E-state index in [0.29, 0.717) is 16.7 Å². The fourth-order valence-electron chi connectivity index (χ4n) is 4.42. The number of hydrogen-bond acceptors (Lipinski definition) is 13. The third-order valence-corrected chi connectivity index (χ3v) is 7.03. The van der Waals surface area contributed by atoms with Crippen LogP contribution in [0.2, 0.25) is 0 Å². The van der Waals surface area contributed by atoms with Crippen LogP contribution in [0, 0.1) is 0 Å². The van der Waals surface area contributed by atoms with E-state index in [-0.39, 0.29) is 5.78 Å². The lowest BCUT2D eigenvalue weighted by molar-refractivity contribution is -0.355. The second-order valence-corrected chi connectivity index (χ2v) is 9.91. The number of aliphatic hydroxyl groups is 8. The van der Waals surface area contributed by atoms with Gasteiger partial charge in [0.1, 0.15) is 48.8 Å². The molecule has 4 rings (SSSR count). The number of hydrogen-bond donors (Lipinski definition) is 9. The van der Waals surface area contributed by atoms with Crippen molar-refractivity contribution >= 4 is 11.8 Å². The Morgan fingerprint density at radius 2 is 1.38 bits per heavy atom. The number of aliphatic carboxylic acids is 1. The Labute approximate surface area is 240 Å². The molecule has 0 aliphatic carbocycles. The van der Waals surface area contributed by atoms with Gasteiger partial charge in [-0.05, 0) is 18.6 Å². The van der Waals surface area contributed by atoms with Crippen molar-refractivity contribution < 1.29 is 69.8 Å². The summed E-state index contributed by atoms with van der Waals surface area (Å²) in [6, 6.07) is 15.7. The Kier molecular flexibility index (Phi) is 12.0. The van der Waals surface area contributed by atoms with Gasteiger partial charge in [-0.1, -0.05) is 48.5 Å². The van der Waals surface area contributed by atoms with Crippen LogP contribution in [0.5, 0.6) is 0 Å². The predicted octanol–water partition coefficient (Wildman–Crippen LogP) is -2.29. The van der Waals surface area contributed by atoms with Crippen LogP contribution >= 0.6 is 0 Å². The summed E-state index contributed by atoms with van der Waals surface area (Å²) in [5.41, 5.74) is 1.74. The molecule has 2 aromatic rings. The molecule has 0 aromatic heterocycles. The normalized spacial score (nSPS) is 33.6. The molecule has 42 heavy (non-hydrogen) atoms. The molecule has 232 valence electrons. The molecular formula is C28H36O14. The SMILES string of the molecule is CC(C(=O)O)c1cccc(C(=O)c2ccccc2)c1.OC[C@H]1O[C@@H](O[C@H]2[C@H](O)[C@@H](O)[C@H](O)O[C@@H]2CO)[C@H](O)[C@@H](O)[C@H]1O. The first kappa shape index (κ1) is 33.6. The highest BCUT2D eigenvalue weighted by Gasteiger charge is 2.50. The van der Waals surface area contributed by atoms with Crippen LogP contribution in [-0.2, 0) is 19.0 Å². The van der Waals surface area contributed by atoms with Gasteiger partial charge in [-0.2, -0.15) is 0 Å². The predicted molar refractivity (Wildman–Crippen MR) is 141 cm³/mol. The highest BCUT2D eigenvalue weighted by atomic mass is 16.7. The van der Waals surface area contributed by atoms with Gasteiger partial charge in [0.25, 0.3) is 0 Å². The van der Waals surface area contributed by atoms with Gasteiger partial charge in [-0.3, -0.25) is 9.59 Å². The topological polar surface area (TPSA) is 244 Å². The Bertz CT molecular complexity index is 1160. The van der Waals surface area contributed by atoms with Crippen LogP contribution in [0.4, 0.5) is 0 Å². The summed E-state index contributed by atoms with van der Waals surface area (Å²) in [7, 11) is 0. The van der Waals surface area contributed by atoms with Crippen molar-refractivity contribution in [3.05, 3.63) is 71.3 Å². The van der Waals surface area contributed by atoms with Crippen molar-refractivity contribution in [3.63, 3.8) is 0 Å². The lowest BCUT2D eigenvalue weighted by Crippen LogP contribution is -2.64. The maximum Gasteiger partial charge on any atom is 0.310 e. The minimum atomic E-state index is -1.74. The van der Waals surface area contributed by atoms with Crippen LogP contribution < -0.4 is 0 Å². The van der Waals surface area contributed by atoms with Gasteiger partial charge >= 0.3 is 5.97 Å². The van der Waals surface area contributed by atoms with Crippen LogP contribution in [0.25, 0.3) is 0 Å². The highest BCUT2D eigenvalue weighted by molar-refractivity contribution is 6.09. The summed E-state index contributed by atoms with van der Waals surface area (Å²) in [6.07, 6.45) is -15.6. The minimum Gasteiger partial charge on any atom is -0.481 e. The quantitative estimate of drug-likeness (QED) is 0.146. The Hall–Kier alpha value is -2.86. The number of carbonyl (C=O) groups is 2. The molecule has 2 saturated heterocycles. The van der Waals surface area contributed by atoms with E-state index in [1.54, 1.807) is 55.5 Å². The van der Waals surface area contributed by atoms with Crippen molar-refractivity contribution in [1.82, 2.24) is 0 Å². The highest BCUT2D eigenvalue weighted by Crippen LogP contribution is 2.28. The molecule has 0 amide bonds. The molecule has 1 unspecified atom stereocenters. The Balaban J connectivity index is 0.000000235. The first-order chi connectivity index (χ1) is 19.9. The van der Waals surface area contributed by atoms with E-state index < -0.39 is 86.5 Å². The number of aliphatic hydroxyl groups excluding tert-OH is 8. The van der Waals surface area contributed by atoms with Gasteiger partial charge in [-0.15, -0.1) is 0 Å². The number of rotatable bonds is 8. The zero-order valence-electron chi connectivity index (χ0n) is 22.5. The van der Waals surface area contributed by atoms with Crippen LogP contribution in [0.15, 0.2) is 54.6 Å². The average Bonchev–Trinajstić information content (AvgIpc) is 3.01. The fraction of sp³-hybridized carbons (Fsp3) is 0.500. The molecule has 14 heteroatoms. The van der Waals surface area contributed by atoms with E-state index in [2.05, 4.69) is 0 Å². The molecule has 0 saturated carbocycles. The Morgan fingerprint density at radius 1 is 0.762 bits per heavy atom. The fourth-order valence-corrected chi connectivity index (χ4v) is 4.42. The van der Waals surface area contributed by atoms with Gasteiger partial charge in [-0.25, -0.2) is 0 Å². The number of carboxylic acids is 1. The molecule has 2 heterocycles. The summed E-state index contributed by atoms with van der Waals surface area (Å²) in [4.78, 5) is 23.2. The number of carbonyl (C=O) groups excluding carboxylic acids is 1. The summed E-state index contributed by atoms with van der Waals surface area (Å²) in [6.45, 7) is 0.261. The van der Waals surface area contributed by atoms with E-state index in [4.69, 9.17) is 24.4 Å². The summed E-state index contributed by atoms with van der Waals surface area (Å²) in [5.74, 6) is -1.62. The number of benzene rings is 2. The van der Waals surface area contributed by atoms with Gasteiger partial charge in [0, 0.05) is 11.1 Å². The molecule has 2 aliphatic rings. The maximum absolute atomic E-state index is 12.2. The second kappa shape index (κ2) is 15.0. The van der Waals surface area contributed by atoms with E-state index in [0.717, 1.165) is 0 Å². The largest absolute Gasteiger partial charge is 0.481 e. The second-order valence-electron chi connectivity index (χ2n) is 9.91.